The highest BCUT2D eigenvalue weighted by Gasteiger charge is 2.22. The van der Waals surface area contributed by atoms with Gasteiger partial charge in [-0.1, -0.05) is 68.7 Å². The van der Waals surface area contributed by atoms with Crippen LogP contribution >= 0.6 is 0 Å². The predicted octanol–water partition coefficient (Wildman–Crippen LogP) is 5.22. The van der Waals surface area contributed by atoms with Crippen molar-refractivity contribution >= 4 is 0 Å². The standard InChI is InChI=1S/C23H31NO2/c1-2-3-4-8-16-25-22-13-11-21(12-14-22)23-19-24(15-17-26-23)18-20-9-6-5-7-10-20/h5-7,9-14,23H,2-4,8,15-19H2,1H3. The third-order valence-corrected chi connectivity index (χ3v) is 4.92. The van der Waals surface area contributed by atoms with E-state index in [9.17, 15) is 0 Å². The number of benzene rings is 2. The van der Waals surface area contributed by atoms with Gasteiger partial charge in [0.05, 0.1) is 19.3 Å². The predicted molar refractivity (Wildman–Crippen MR) is 106 cm³/mol. The van der Waals surface area contributed by atoms with Crippen molar-refractivity contribution < 1.29 is 9.47 Å². The third kappa shape index (κ3) is 5.86. The first-order valence-corrected chi connectivity index (χ1v) is 9.96. The summed E-state index contributed by atoms with van der Waals surface area (Å²) in [6.07, 6.45) is 5.08. The molecule has 0 radical (unpaired) electrons. The van der Waals surface area contributed by atoms with E-state index in [4.69, 9.17) is 9.47 Å². The van der Waals surface area contributed by atoms with Crippen LogP contribution in [0.5, 0.6) is 5.75 Å². The van der Waals surface area contributed by atoms with Crippen LogP contribution in [0.1, 0.15) is 49.8 Å². The van der Waals surface area contributed by atoms with E-state index in [2.05, 4.69) is 66.4 Å². The minimum Gasteiger partial charge on any atom is -0.494 e. The molecule has 1 fully saturated rings. The number of morpholine rings is 1. The molecular weight excluding hydrogens is 322 g/mol. The van der Waals surface area contributed by atoms with Crippen LogP contribution in [-0.2, 0) is 11.3 Å². The summed E-state index contributed by atoms with van der Waals surface area (Å²) >= 11 is 0. The molecule has 0 spiro atoms. The van der Waals surface area contributed by atoms with Gasteiger partial charge < -0.3 is 9.47 Å². The van der Waals surface area contributed by atoms with Crippen molar-refractivity contribution in [3.63, 3.8) is 0 Å². The second kappa shape index (κ2) is 10.3. The highest BCUT2D eigenvalue weighted by Crippen LogP contribution is 2.25. The quantitative estimate of drug-likeness (QED) is 0.577. The molecule has 140 valence electrons. The lowest BCUT2D eigenvalue weighted by atomic mass is 10.1. The monoisotopic (exact) mass is 353 g/mol. The lowest BCUT2D eigenvalue weighted by molar-refractivity contribution is -0.0329. The van der Waals surface area contributed by atoms with E-state index >= 15 is 0 Å². The molecule has 0 aromatic heterocycles. The normalized spacial score (nSPS) is 18.0. The van der Waals surface area contributed by atoms with E-state index in [-0.39, 0.29) is 6.10 Å². The van der Waals surface area contributed by atoms with Crippen LogP contribution < -0.4 is 4.74 Å². The molecule has 1 heterocycles. The van der Waals surface area contributed by atoms with Crippen molar-refractivity contribution in [1.82, 2.24) is 4.90 Å². The Balaban J connectivity index is 1.48. The molecule has 1 saturated heterocycles. The van der Waals surface area contributed by atoms with Crippen LogP contribution in [0, 0.1) is 0 Å². The highest BCUT2D eigenvalue weighted by molar-refractivity contribution is 5.29. The van der Waals surface area contributed by atoms with Gasteiger partial charge in [0, 0.05) is 19.6 Å². The highest BCUT2D eigenvalue weighted by atomic mass is 16.5. The van der Waals surface area contributed by atoms with Crippen molar-refractivity contribution in [1.29, 1.82) is 0 Å². The molecule has 2 aromatic rings. The summed E-state index contributed by atoms with van der Waals surface area (Å²) in [4.78, 5) is 2.47. The molecule has 0 amide bonds. The van der Waals surface area contributed by atoms with Crippen LogP contribution in [0.4, 0.5) is 0 Å². The largest absolute Gasteiger partial charge is 0.494 e. The van der Waals surface area contributed by atoms with Gasteiger partial charge in [0.25, 0.3) is 0 Å². The molecule has 3 nitrogen and oxygen atoms in total. The fraction of sp³-hybridized carbons (Fsp3) is 0.478. The fourth-order valence-electron chi connectivity index (χ4n) is 3.39. The number of rotatable bonds is 9. The Hall–Kier alpha value is -1.84. The van der Waals surface area contributed by atoms with Crippen molar-refractivity contribution in [3.05, 3.63) is 65.7 Å². The lowest BCUT2D eigenvalue weighted by Crippen LogP contribution is -2.37. The lowest BCUT2D eigenvalue weighted by Gasteiger charge is -2.33. The van der Waals surface area contributed by atoms with Gasteiger partial charge >= 0.3 is 0 Å². The number of hydrogen-bond acceptors (Lipinski definition) is 3. The Morgan fingerprint density at radius 1 is 1.00 bits per heavy atom. The van der Waals surface area contributed by atoms with Gasteiger partial charge in [0.2, 0.25) is 0 Å². The summed E-state index contributed by atoms with van der Waals surface area (Å²) in [6, 6.07) is 19.1. The van der Waals surface area contributed by atoms with Crippen LogP contribution in [0.25, 0.3) is 0 Å². The van der Waals surface area contributed by atoms with Gasteiger partial charge in [-0.3, -0.25) is 4.90 Å². The smallest absolute Gasteiger partial charge is 0.119 e. The van der Waals surface area contributed by atoms with Crippen molar-refractivity contribution in [2.75, 3.05) is 26.3 Å². The van der Waals surface area contributed by atoms with Gasteiger partial charge in [-0.05, 0) is 29.7 Å². The molecule has 2 aromatic carbocycles. The first kappa shape index (κ1) is 18.9. The van der Waals surface area contributed by atoms with E-state index in [1.807, 2.05) is 0 Å². The SMILES string of the molecule is CCCCCCOc1ccc(C2CN(Cc3ccccc3)CCO2)cc1. The average Bonchev–Trinajstić information content (AvgIpc) is 2.69. The van der Waals surface area contributed by atoms with E-state index < -0.39 is 0 Å². The first-order valence-electron chi connectivity index (χ1n) is 9.96. The maximum Gasteiger partial charge on any atom is 0.119 e. The number of nitrogens with zero attached hydrogens (tertiary/aromatic N) is 1. The summed E-state index contributed by atoms with van der Waals surface area (Å²) in [5.74, 6) is 0.960. The van der Waals surface area contributed by atoms with Gasteiger partial charge in [-0.15, -0.1) is 0 Å². The Morgan fingerprint density at radius 2 is 1.81 bits per heavy atom. The molecule has 1 unspecified atom stereocenters. The molecule has 0 saturated carbocycles. The van der Waals surface area contributed by atoms with E-state index in [0.29, 0.717) is 0 Å². The van der Waals surface area contributed by atoms with E-state index in [1.165, 1.54) is 30.4 Å². The van der Waals surface area contributed by atoms with Gasteiger partial charge in [0.1, 0.15) is 5.75 Å². The Labute approximate surface area is 157 Å². The van der Waals surface area contributed by atoms with Crippen molar-refractivity contribution in [2.24, 2.45) is 0 Å². The van der Waals surface area contributed by atoms with Crippen molar-refractivity contribution in [2.45, 2.75) is 45.3 Å². The second-order valence-electron chi connectivity index (χ2n) is 7.06. The van der Waals surface area contributed by atoms with Crippen LogP contribution in [0.2, 0.25) is 0 Å². The maximum atomic E-state index is 6.01. The van der Waals surface area contributed by atoms with Crippen LogP contribution in [-0.4, -0.2) is 31.2 Å². The zero-order chi connectivity index (χ0) is 18.0. The number of unbranched alkanes of at least 4 members (excludes halogenated alkanes) is 3. The molecule has 26 heavy (non-hydrogen) atoms. The van der Waals surface area contributed by atoms with Gasteiger partial charge in [-0.2, -0.15) is 0 Å². The fourth-order valence-corrected chi connectivity index (χ4v) is 3.39. The second-order valence-corrected chi connectivity index (χ2v) is 7.06. The maximum absolute atomic E-state index is 6.01. The minimum atomic E-state index is 0.145. The molecular formula is C23H31NO2. The van der Waals surface area contributed by atoms with Gasteiger partial charge in [-0.25, -0.2) is 0 Å². The topological polar surface area (TPSA) is 21.7 Å². The summed E-state index contributed by atoms with van der Waals surface area (Å²) in [5.41, 5.74) is 2.60. The van der Waals surface area contributed by atoms with E-state index in [1.54, 1.807) is 0 Å². The third-order valence-electron chi connectivity index (χ3n) is 4.92. The number of ether oxygens (including phenoxy) is 2. The molecule has 3 heteroatoms. The Bertz CT molecular complexity index is 626. The zero-order valence-corrected chi connectivity index (χ0v) is 15.9. The van der Waals surface area contributed by atoms with E-state index in [0.717, 1.165) is 45.0 Å². The Kier molecular flexibility index (Phi) is 7.53. The summed E-state index contributed by atoms with van der Waals surface area (Å²) in [7, 11) is 0. The molecule has 1 aliphatic rings. The molecule has 0 N–H and O–H groups in total. The van der Waals surface area contributed by atoms with Crippen molar-refractivity contribution in [3.8, 4) is 5.75 Å². The average molecular weight is 354 g/mol. The van der Waals surface area contributed by atoms with Crippen LogP contribution in [0.15, 0.2) is 54.6 Å². The van der Waals surface area contributed by atoms with Crippen LogP contribution in [0.3, 0.4) is 0 Å². The van der Waals surface area contributed by atoms with Gasteiger partial charge in [0.15, 0.2) is 0 Å². The molecule has 0 aliphatic carbocycles. The molecule has 0 bridgehead atoms. The molecule has 3 rings (SSSR count). The summed E-state index contributed by atoms with van der Waals surface area (Å²) in [6.45, 7) is 6.74. The first-order chi connectivity index (χ1) is 12.8. The summed E-state index contributed by atoms with van der Waals surface area (Å²) < 4.78 is 11.9. The Morgan fingerprint density at radius 3 is 2.58 bits per heavy atom. The summed E-state index contributed by atoms with van der Waals surface area (Å²) in [5, 5.41) is 0. The molecule has 1 atom stereocenters. The zero-order valence-electron chi connectivity index (χ0n) is 15.9. The molecule has 1 aliphatic heterocycles. The number of hydrogen-bond donors (Lipinski definition) is 0. The minimum absolute atomic E-state index is 0.145.